The fourth-order valence-electron chi connectivity index (χ4n) is 3.96. The SMILES string of the molecule is CCCCCCCCCCCC(=O)N[C@H](CC(=O)c1ccc2ccccc2c1)C(=O)OCC. The third-order valence-electron chi connectivity index (χ3n) is 5.87. The van der Waals surface area contributed by atoms with Crippen molar-refractivity contribution in [3.63, 3.8) is 0 Å². The molecule has 33 heavy (non-hydrogen) atoms. The van der Waals surface area contributed by atoms with Crippen molar-refractivity contribution >= 4 is 28.4 Å². The normalized spacial score (nSPS) is 11.8. The largest absolute Gasteiger partial charge is 0.464 e. The molecule has 0 aliphatic carbocycles. The Morgan fingerprint density at radius 3 is 2.12 bits per heavy atom. The van der Waals surface area contributed by atoms with Crippen molar-refractivity contribution in [1.82, 2.24) is 5.32 Å². The third kappa shape index (κ3) is 9.77. The predicted molar refractivity (Wildman–Crippen MR) is 133 cm³/mol. The third-order valence-corrected chi connectivity index (χ3v) is 5.87. The monoisotopic (exact) mass is 453 g/mol. The fourth-order valence-corrected chi connectivity index (χ4v) is 3.96. The molecule has 2 rings (SSSR count). The fraction of sp³-hybridized carbons (Fsp3) is 0.536. The van der Waals surface area contributed by atoms with Gasteiger partial charge >= 0.3 is 5.97 Å². The van der Waals surface area contributed by atoms with Crippen LogP contribution < -0.4 is 5.32 Å². The van der Waals surface area contributed by atoms with Gasteiger partial charge in [-0.25, -0.2) is 4.79 Å². The number of carbonyl (C=O) groups excluding carboxylic acids is 3. The highest BCUT2D eigenvalue weighted by atomic mass is 16.5. The van der Waals surface area contributed by atoms with Crippen LogP contribution >= 0.6 is 0 Å². The van der Waals surface area contributed by atoms with E-state index in [0.29, 0.717) is 12.0 Å². The van der Waals surface area contributed by atoms with Gasteiger partial charge in [0.2, 0.25) is 5.91 Å². The van der Waals surface area contributed by atoms with Gasteiger partial charge in [-0.2, -0.15) is 0 Å². The number of ether oxygens (including phenoxy) is 1. The van der Waals surface area contributed by atoms with Crippen molar-refractivity contribution in [2.24, 2.45) is 0 Å². The Balaban J connectivity index is 1.82. The highest BCUT2D eigenvalue weighted by Crippen LogP contribution is 2.18. The molecule has 5 nitrogen and oxygen atoms in total. The van der Waals surface area contributed by atoms with E-state index in [1.807, 2.05) is 36.4 Å². The van der Waals surface area contributed by atoms with E-state index in [2.05, 4.69) is 12.2 Å². The van der Waals surface area contributed by atoms with E-state index < -0.39 is 12.0 Å². The van der Waals surface area contributed by atoms with Crippen LogP contribution in [0.15, 0.2) is 42.5 Å². The lowest BCUT2D eigenvalue weighted by Gasteiger charge is -2.17. The predicted octanol–water partition coefficient (Wildman–Crippen LogP) is 6.38. The second kappa shape index (κ2) is 15.2. The zero-order valence-electron chi connectivity index (χ0n) is 20.2. The standard InChI is InChI=1S/C28H39NO4/c1-3-5-6-7-8-9-10-11-12-17-27(31)29-25(28(32)33-4-2)21-26(30)24-19-18-22-15-13-14-16-23(22)20-24/h13-16,18-20,25H,3-12,17,21H2,1-2H3,(H,29,31)/t25-/m1/s1. The molecule has 0 bridgehead atoms. The van der Waals surface area contributed by atoms with Crippen LogP contribution in [0.1, 0.15) is 94.8 Å². The van der Waals surface area contributed by atoms with Gasteiger partial charge in [0.25, 0.3) is 0 Å². The average molecular weight is 454 g/mol. The van der Waals surface area contributed by atoms with Gasteiger partial charge in [-0.1, -0.05) is 94.7 Å². The van der Waals surface area contributed by atoms with Crippen LogP contribution in [-0.2, 0) is 14.3 Å². The van der Waals surface area contributed by atoms with Gasteiger partial charge in [0, 0.05) is 18.4 Å². The first-order chi connectivity index (χ1) is 16.0. The summed E-state index contributed by atoms with van der Waals surface area (Å²) < 4.78 is 5.10. The van der Waals surface area contributed by atoms with E-state index in [-0.39, 0.29) is 24.7 Å². The zero-order valence-corrected chi connectivity index (χ0v) is 20.2. The quantitative estimate of drug-likeness (QED) is 0.182. The zero-order chi connectivity index (χ0) is 23.9. The number of carbonyl (C=O) groups is 3. The van der Waals surface area contributed by atoms with Gasteiger partial charge < -0.3 is 10.1 Å². The Hall–Kier alpha value is -2.69. The summed E-state index contributed by atoms with van der Waals surface area (Å²) in [6, 6.07) is 12.3. The smallest absolute Gasteiger partial charge is 0.329 e. The van der Waals surface area contributed by atoms with E-state index in [9.17, 15) is 14.4 Å². The number of hydrogen-bond acceptors (Lipinski definition) is 4. The minimum Gasteiger partial charge on any atom is -0.464 e. The minimum atomic E-state index is -0.963. The molecule has 0 saturated heterocycles. The van der Waals surface area contributed by atoms with E-state index in [1.54, 1.807) is 13.0 Å². The lowest BCUT2D eigenvalue weighted by Crippen LogP contribution is -2.43. The molecule has 1 amide bonds. The van der Waals surface area contributed by atoms with Crippen LogP contribution in [0.3, 0.4) is 0 Å². The molecule has 2 aromatic carbocycles. The Bertz CT molecular complexity index is 892. The number of ketones is 1. The van der Waals surface area contributed by atoms with Gasteiger partial charge in [-0.05, 0) is 30.2 Å². The molecule has 0 saturated carbocycles. The molecule has 0 fully saturated rings. The van der Waals surface area contributed by atoms with Gasteiger partial charge in [0.05, 0.1) is 6.61 Å². The summed E-state index contributed by atoms with van der Waals surface area (Å²) in [4.78, 5) is 37.7. The molecule has 0 aliphatic heterocycles. The summed E-state index contributed by atoms with van der Waals surface area (Å²) in [5.74, 6) is -0.962. The molecule has 0 heterocycles. The molecular weight excluding hydrogens is 414 g/mol. The summed E-state index contributed by atoms with van der Waals surface area (Å²) in [6.07, 6.45) is 10.8. The average Bonchev–Trinajstić information content (AvgIpc) is 2.82. The van der Waals surface area contributed by atoms with E-state index in [1.165, 1.54) is 38.5 Å². The minimum absolute atomic E-state index is 0.110. The number of amides is 1. The Morgan fingerprint density at radius 1 is 0.818 bits per heavy atom. The van der Waals surface area contributed by atoms with Crippen molar-refractivity contribution in [2.45, 2.75) is 90.5 Å². The maximum Gasteiger partial charge on any atom is 0.329 e. The molecule has 0 radical (unpaired) electrons. The number of Topliss-reactive ketones (excluding diaryl/α,β-unsaturated/α-hetero) is 1. The topological polar surface area (TPSA) is 72.5 Å². The lowest BCUT2D eigenvalue weighted by molar-refractivity contribution is -0.147. The van der Waals surface area contributed by atoms with Gasteiger partial charge in [0.1, 0.15) is 6.04 Å². The molecule has 1 atom stereocenters. The number of unbranched alkanes of at least 4 members (excludes halogenated alkanes) is 8. The molecule has 0 unspecified atom stereocenters. The van der Waals surface area contributed by atoms with E-state index in [0.717, 1.165) is 30.0 Å². The summed E-state index contributed by atoms with van der Waals surface area (Å²) in [6.45, 7) is 4.13. The Labute approximate surface area is 198 Å². The first-order valence-corrected chi connectivity index (χ1v) is 12.5. The Morgan fingerprint density at radius 2 is 1.45 bits per heavy atom. The van der Waals surface area contributed by atoms with E-state index in [4.69, 9.17) is 4.74 Å². The first kappa shape index (κ1) is 26.6. The molecular formula is C28H39NO4. The molecule has 0 spiro atoms. The molecule has 0 aromatic heterocycles. The molecule has 2 aromatic rings. The highest BCUT2D eigenvalue weighted by Gasteiger charge is 2.25. The number of rotatable bonds is 16. The van der Waals surface area contributed by atoms with E-state index >= 15 is 0 Å². The van der Waals surface area contributed by atoms with Gasteiger partial charge in [-0.15, -0.1) is 0 Å². The summed E-state index contributed by atoms with van der Waals surface area (Å²) >= 11 is 0. The van der Waals surface area contributed by atoms with Crippen LogP contribution in [0.2, 0.25) is 0 Å². The second-order valence-electron chi connectivity index (χ2n) is 8.64. The summed E-state index contributed by atoms with van der Waals surface area (Å²) in [7, 11) is 0. The van der Waals surface area contributed by atoms with Crippen LogP contribution in [0, 0.1) is 0 Å². The summed E-state index contributed by atoms with van der Waals surface area (Å²) in [5, 5.41) is 4.74. The maximum absolute atomic E-state index is 12.9. The summed E-state index contributed by atoms with van der Waals surface area (Å²) in [5.41, 5.74) is 0.524. The maximum atomic E-state index is 12.9. The van der Waals surface area contributed by atoms with Gasteiger partial charge in [0.15, 0.2) is 5.78 Å². The molecule has 5 heteroatoms. The number of benzene rings is 2. The van der Waals surface area contributed by atoms with Crippen molar-refractivity contribution in [3.8, 4) is 0 Å². The van der Waals surface area contributed by atoms with Crippen LogP contribution in [0.25, 0.3) is 10.8 Å². The number of nitrogens with one attached hydrogen (secondary N) is 1. The number of esters is 1. The van der Waals surface area contributed by atoms with Crippen molar-refractivity contribution in [2.75, 3.05) is 6.61 Å². The number of fused-ring (bicyclic) bond motifs is 1. The Kier molecular flexibility index (Phi) is 12.2. The molecule has 0 aliphatic rings. The van der Waals surface area contributed by atoms with Crippen molar-refractivity contribution in [1.29, 1.82) is 0 Å². The van der Waals surface area contributed by atoms with Crippen LogP contribution in [0.4, 0.5) is 0 Å². The van der Waals surface area contributed by atoms with Crippen molar-refractivity contribution < 1.29 is 19.1 Å². The van der Waals surface area contributed by atoms with Crippen LogP contribution in [-0.4, -0.2) is 30.3 Å². The van der Waals surface area contributed by atoms with Gasteiger partial charge in [-0.3, -0.25) is 9.59 Å². The second-order valence-corrected chi connectivity index (χ2v) is 8.64. The molecule has 1 N–H and O–H groups in total. The first-order valence-electron chi connectivity index (χ1n) is 12.5. The van der Waals surface area contributed by atoms with Crippen LogP contribution in [0.5, 0.6) is 0 Å². The lowest BCUT2D eigenvalue weighted by atomic mass is 10.00. The number of hydrogen-bond donors (Lipinski definition) is 1. The van der Waals surface area contributed by atoms with Crippen molar-refractivity contribution in [3.05, 3.63) is 48.0 Å². The molecule has 180 valence electrons. The highest BCUT2D eigenvalue weighted by molar-refractivity contribution is 6.02.